The van der Waals surface area contributed by atoms with E-state index in [2.05, 4.69) is 51.9 Å². The van der Waals surface area contributed by atoms with Gasteiger partial charge < -0.3 is 15.4 Å². The summed E-state index contributed by atoms with van der Waals surface area (Å²) in [7, 11) is 0. The van der Waals surface area contributed by atoms with Crippen molar-refractivity contribution in [2.24, 2.45) is 0 Å². The summed E-state index contributed by atoms with van der Waals surface area (Å²) in [5.41, 5.74) is 5.65. The van der Waals surface area contributed by atoms with Crippen molar-refractivity contribution in [3.63, 3.8) is 0 Å². The monoisotopic (exact) mass is 465 g/mol. The third-order valence-corrected chi connectivity index (χ3v) is 6.06. The molecule has 0 bridgehead atoms. The third-order valence-electron chi connectivity index (χ3n) is 6.06. The van der Waals surface area contributed by atoms with Crippen LogP contribution in [0.3, 0.4) is 0 Å². The maximum Gasteiger partial charge on any atom is 0.251 e. The maximum absolute atomic E-state index is 13.4. The molecule has 1 amide bonds. The van der Waals surface area contributed by atoms with Gasteiger partial charge in [0.1, 0.15) is 24.7 Å². The molecule has 0 fully saturated rings. The zero-order valence-electron chi connectivity index (χ0n) is 19.7. The quantitative estimate of drug-likeness (QED) is 0.411. The van der Waals surface area contributed by atoms with Gasteiger partial charge >= 0.3 is 0 Å². The highest BCUT2D eigenvalue weighted by molar-refractivity contribution is 5.96. The molecule has 0 saturated carbocycles. The molecule has 3 aromatic carbocycles. The zero-order valence-corrected chi connectivity index (χ0v) is 19.7. The fraction of sp³-hybridized carbons (Fsp3) is 0.179. The lowest BCUT2D eigenvalue weighted by molar-refractivity contribution is -0.118. The normalized spacial score (nSPS) is 14.7. The van der Waals surface area contributed by atoms with Gasteiger partial charge in [0.25, 0.3) is 5.91 Å². The summed E-state index contributed by atoms with van der Waals surface area (Å²) in [5, 5.41) is 10.7. The molecule has 7 nitrogen and oxygen atoms in total. The van der Waals surface area contributed by atoms with Crippen LogP contribution in [0.1, 0.15) is 35.2 Å². The summed E-state index contributed by atoms with van der Waals surface area (Å²) in [5.74, 6) is 1.22. The number of anilines is 1. The van der Waals surface area contributed by atoms with E-state index in [1.807, 2.05) is 61.5 Å². The van der Waals surface area contributed by atoms with Crippen molar-refractivity contribution in [3.05, 3.63) is 119 Å². The summed E-state index contributed by atoms with van der Waals surface area (Å²) in [6.07, 6.45) is 1.49. The lowest BCUT2D eigenvalue weighted by Gasteiger charge is -2.28. The van der Waals surface area contributed by atoms with Gasteiger partial charge in [0, 0.05) is 12.2 Å². The number of aromatic nitrogens is 3. The second kappa shape index (κ2) is 9.85. The summed E-state index contributed by atoms with van der Waals surface area (Å²) in [6, 6.07) is 25.5. The Hall–Kier alpha value is -4.39. The summed E-state index contributed by atoms with van der Waals surface area (Å²) < 4.78 is 7.72. The van der Waals surface area contributed by atoms with Crippen LogP contribution in [-0.4, -0.2) is 20.7 Å². The second-order valence-corrected chi connectivity index (χ2v) is 8.61. The number of nitrogens with one attached hydrogen (secondary N) is 2. The first-order chi connectivity index (χ1) is 17.1. The highest BCUT2D eigenvalue weighted by Gasteiger charge is 2.33. The first kappa shape index (κ1) is 22.4. The summed E-state index contributed by atoms with van der Waals surface area (Å²) in [4.78, 5) is 17.7. The lowest BCUT2D eigenvalue weighted by Crippen LogP contribution is -2.34. The molecule has 0 saturated heterocycles. The minimum absolute atomic E-state index is 0.148. The Balaban J connectivity index is 1.36. The van der Waals surface area contributed by atoms with Gasteiger partial charge in [-0.15, -0.1) is 0 Å². The summed E-state index contributed by atoms with van der Waals surface area (Å²) in [6.45, 7) is 4.89. The molecule has 0 radical (unpaired) electrons. The predicted molar refractivity (Wildman–Crippen MR) is 135 cm³/mol. The number of hydrogen-bond acceptors (Lipinski definition) is 5. The Morgan fingerprint density at radius 1 is 0.971 bits per heavy atom. The van der Waals surface area contributed by atoms with Crippen LogP contribution < -0.4 is 15.4 Å². The molecule has 176 valence electrons. The molecule has 2 heterocycles. The van der Waals surface area contributed by atoms with E-state index < -0.39 is 6.04 Å². The van der Waals surface area contributed by atoms with Crippen LogP contribution >= 0.6 is 0 Å². The van der Waals surface area contributed by atoms with E-state index >= 15 is 0 Å². The number of allylic oxidation sites excluding steroid dienone is 1. The number of fused-ring (bicyclic) bond motifs is 1. The van der Waals surface area contributed by atoms with Gasteiger partial charge in [0.05, 0.1) is 5.57 Å². The highest BCUT2D eigenvalue weighted by Crippen LogP contribution is 2.35. The fourth-order valence-corrected chi connectivity index (χ4v) is 4.16. The topological polar surface area (TPSA) is 81.1 Å². The molecule has 1 unspecified atom stereocenters. The van der Waals surface area contributed by atoms with Gasteiger partial charge in [0.15, 0.2) is 0 Å². The molecule has 0 aliphatic carbocycles. The molecule has 7 heteroatoms. The molecule has 1 aliphatic heterocycles. The van der Waals surface area contributed by atoms with Crippen LogP contribution in [0, 0.1) is 6.92 Å². The standard InChI is InChI=1S/C28H27N5O2/c1-19-8-10-22(11-9-19)17-35-24-14-12-23(13-15-24)26-25(20(2)32-28-30-18-31-33(26)28)27(34)29-16-21-6-4-3-5-7-21/h3-15,18,26H,16-17H2,1-2H3,(H,29,34)(H,30,31,32). The van der Waals surface area contributed by atoms with Crippen molar-refractivity contribution < 1.29 is 9.53 Å². The number of ether oxygens (including phenoxy) is 1. The average Bonchev–Trinajstić information content (AvgIpc) is 3.35. The number of aryl methyl sites for hydroxylation is 1. The predicted octanol–water partition coefficient (Wildman–Crippen LogP) is 4.77. The third kappa shape index (κ3) is 4.94. The van der Waals surface area contributed by atoms with Crippen LogP contribution in [0.25, 0.3) is 0 Å². The van der Waals surface area contributed by atoms with Crippen LogP contribution in [-0.2, 0) is 17.9 Å². The average molecular weight is 466 g/mol. The number of rotatable bonds is 7. The van der Waals surface area contributed by atoms with Gasteiger partial charge in [0.2, 0.25) is 5.95 Å². The Morgan fingerprint density at radius 3 is 2.46 bits per heavy atom. The van der Waals surface area contributed by atoms with Crippen molar-refractivity contribution in [2.45, 2.75) is 33.0 Å². The molecule has 1 aliphatic rings. The van der Waals surface area contributed by atoms with Crippen LogP contribution in [0.15, 0.2) is 96.5 Å². The minimum Gasteiger partial charge on any atom is -0.489 e. The smallest absolute Gasteiger partial charge is 0.251 e. The van der Waals surface area contributed by atoms with E-state index in [-0.39, 0.29) is 5.91 Å². The minimum atomic E-state index is -0.407. The van der Waals surface area contributed by atoms with Crippen molar-refractivity contribution in [2.75, 3.05) is 5.32 Å². The van der Waals surface area contributed by atoms with E-state index in [1.165, 1.54) is 11.9 Å². The second-order valence-electron chi connectivity index (χ2n) is 8.61. The number of hydrogen-bond donors (Lipinski definition) is 2. The molecule has 1 atom stereocenters. The van der Waals surface area contributed by atoms with Gasteiger partial charge in [-0.05, 0) is 42.7 Å². The molecule has 1 aromatic heterocycles. The van der Waals surface area contributed by atoms with Crippen molar-refractivity contribution in [1.82, 2.24) is 20.1 Å². The number of carbonyl (C=O) groups excluding carboxylic acids is 1. The zero-order chi connectivity index (χ0) is 24.2. The number of benzene rings is 3. The highest BCUT2D eigenvalue weighted by atomic mass is 16.5. The molecule has 4 aromatic rings. The first-order valence-corrected chi connectivity index (χ1v) is 11.6. The Bertz CT molecular complexity index is 1340. The van der Waals surface area contributed by atoms with Gasteiger partial charge in [-0.1, -0.05) is 72.3 Å². The van der Waals surface area contributed by atoms with E-state index in [4.69, 9.17) is 4.74 Å². The van der Waals surface area contributed by atoms with E-state index in [0.717, 1.165) is 28.1 Å². The van der Waals surface area contributed by atoms with Crippen LogP contribution in [0.5, 0.6) is 5.75 Å². The summed E-state index contributed by atoms with van der Waals surface area (Å²) >= 11 is 0. The van der Waals surface area contributed by atoms with E-state index in [0.29, 0.717) is 24.7 Å². The lowest BCUT2D eigenvalue weighted by atomic mass is 9.95. The Labute approximate surface area is 204 Å². The van der Waals surface area contributed by atoms with Crippen molar-refractivity contribution >= 4 is 11.9 Å². The van der Waals surface area contributed by atoms with Crippen LogP contribution in [0.4, 0.5) is 5.95 Å². The van der Waals surface area contributed by atoms with Crippen molar-refractivity contribution in [1.29, 1.82) is 0 Å². The largest absolute Gasteiger partial charge is 0.489 e. The Morgan fingerprint density at radius 2 is 1.71 bits per heavy atom. The molecule has 0 spiro atoms. The van der Waals surface area contributed by atoms with Gasteiger partial charge in [-0.25, -0.2) is 4.68 Å². The van der Waals surface area contributed by atoms with Crippen LogP contribution in [0.2, 0.25) is 0 Å². The van der Waals surface area contributed by atoms with E-state index in [1.54, 1.807) is 4.68 Å². The first-order valence-electron chi connectivity index (χ1n) is 11.6. The maximum atomic E-state index is 13.4. The number of nitrogens with zero attached hydrogens (tertiary/aromatic N) is 3. The van der Waals surface area contributed by atoms with Crippen molar-refractivity contribution in [3.8, 4) is 5.75 Å². The molecular formula is C28H27N5O2. The Kier molecular flexibility index (Phi) is 6.30. The molecule has 35 heavy (non-hydrogen) atoms. The molecule has 5 rings (SSSR count). The number of carbonyl (C=O) groups is 1. The van der Waals surface area contributed by atoms with Gasteiger partial charge in [-0.2, -0.15) is 10.1 Å². The van der Waals surface area contributed by atoms with Gasteiger partial charge in [-0.3, -0.25) is 4.79 Å². The number of amides is 1. The molecular weight excluding hydrogens is 438 g/mol. The van der Waals surface area contributed by atoms with E-state index in [9.17, 15) is 4.79 Å². The SMILES string of the molecule is CC1=C(C(=O)NCc2ccccc2)C(c2ccc(OCc3ccc(C)cc3)cc2)n2ncnc2N1. The fourth-order valence-electron chi connectivity index (χ4n) is 4.16. The molecule has 2 N–H and O–H groups in total.